The highest BCUT2D eigenvalue weighted by atomic mass is 32.1. The fraction of sp³-hybridized carbons (Fsp3) is 0.417. The third-order valence-corrected chi connectivity index (χ3v) is 4.05. The van der Waals surface area contributed by atoms with Gasteiger partial charge in [0.1, 0.15) is 0 Å². The number of thiophene rings is 1. The van der Waals surface area contributed by atoms with Gasteiger partial charge in [0, 0.05) is 17.1 Å². The predicted molar refractivity (Wildman–Crippen MR) is 68.0 cm³/mol. The molecule has 1 atom stereocenters. The second-order valence-corrected chi connectivity index (χ2v) is 4.99. The highest BCUT2D eigenvalue weighted by Crippen LogP contribution is 2.25. The van der Waals surface area contributed by atoms with Crippen LogP contribution in [0, 0.1) is 20.8 Å². The summed E-state index contributed by atoms with van der Waals surface area (Å²) in [6, 6.07) is 4.35. The molecule has 0 aliphatic rings. The van der Waals surface area contributed by atoms with Gasteiger partial charge < -0.3 is 5.73 Å². The van der Waals surface area contributed by atoms with Crippen LogP contribution in [0.25, 0.3) is 0 Å². The summed E-state index contributed by atoms with van der Waals surface area (Å²) in [4.78, 5) is 1.27. The minimum atomic E-state index is 0.174. The van der Waals surface area contributed by atoms with Crippen molar-refractivity contribution in [2.24, 2.45) is 5.73 Å². The second kappa shape index (κ2) is 4.39. The summed E-state index contributed by atoms with van der Waals surface area (Å²) in [6.07, 6.45) is 0. The Morgan fingerprint density at radius 2 is 2.19 bits per heavy atom. The van der Waals surface area contributed by atoms with E-state index in [1.807, 2.05) is 6.92 Å². The summed E-state index contributed by atoms with van der Waals surface area (Å²) in [5.41, 5.74) is 9.43. The van der Waals surface area contributed by atoms with E-state index in [2.05, 4.69) is 41.1 Å². The van der Waals surface area contributed by atoms with Gasteiger partial charge in [0.25, 0.3) is 0 Å². The first kappa shape index (κ1) is 11.4. The Labute approximate surface area is 99.9 Å². The van der Waals surface area contributed by atoms with Crippen molar-refractivity contribution in [3.63, 3.8) is 0 Å². The van der Waals surface area contributed by atoms with Gasteiger partial charge >= 0.3 is 0 Å². The first-order valence-electron chi connectivity index (χ1n) is 5.41. The molecule has 0 saturated carbocycles. The average Bonchev–Trinajstić information content (AvgIpc) is 2.86. The number of hydrogen-bond acceptors (Lipinski definition) is 3. The van der Waals surface area contributed by atoms with E-state index in [0.717, 1.165) is 5.69 Å². The van der Waals surface area contributed by atoms with Crippen LogP contribution in [0.15, 0.2) is 17.5 Å². The molecule has 2 aromatic heterocycles. The topological polar surface area (TPSA) is 43.8 Å². The molecule has 0 aliphatic carbocycles. The molecule has 0 amide bonds. The van der Waals surface area contributed by atoms with E-state index in [-0.39, 0.29) is 6.04 Å². The average molecular weight is 235 g/mol. The standard InChI is InChI=1S/C12H17N3S/c1-8-9(2)14-15(10(8)3)11(7-13)12-5-4-6-16-12/h4-6,11H,7,13H2,1-3H3. The molecule has 0 aromatic carbocycles. The molecular formula is C12H17N3S. The maximum Gasteiger partial charge on any atom is 0.0985 e. The molecule has 16 heavy (non-hydrogen) atoms. The van der Waals surface area contributed by atoms with E-state index < -0.39 is 0 Å². The van der Waals surface area contributed by atoms with Crippen molar-refractivity contribution < 1.29 is 0 Å². The number of rotatable bonds is 3. The third-order valence-electron chi connectivity index (χ3n) is 3.08. The van der Waals surface area contributed by atoms with Crippen LogP contribution in [-0.2, 0) is 0 Å². The van der Waals surface area contributed by atoms with Crippen molar-refractivity contribution in [2.75, 3.05) is 6.54 Å². The Morgan fingerprint density at radius 3 is 2.62 bits per heavy atom. The molecule has 2 heterocycles. The van der Waals surface area contributed by atoms with Gasteiger partial charge in [-0.25, -0.2) is 0 Å². The van der Waals surface area contributed by atoms with Gasteiger partial charge in [0.15, 0.2) is 0 Å². The minimum absolute atomic E-state index is 0.174. The van der Waals surface area contributed by atoms with Crippen molar-refractivity contribution >= 4 is 11.3 Å². The lowest BCUT2D eigenvalue weighted by molar-refractivity contribution is 0.523. The lowest BCUT2D eigenvalue weighted by Crippen LogP contribution is -2.21. The van der Waals surface area contributed by atoms with Gasteiger partial charge in [-0.15, -0.1) is 11.3 Å². The molecule has 2 aromatic rings. The Morgan fingerprint density at radius 1 is 1.44 bits per heavy atom. The molecule has 1 unspecified atom stereocenters. The van der Waals surface area contributed by atoms with Gasteiger partial charge in [-0.2, -0.15) is 5.10 Å². The summed E-state index contributed by atoms with van der Waals surface area (Å²) >= 11 is 1.73. The van der Waals surface area contributed by atoms with E-state index in [0.29, 0.717) is 6.54 Å². The lowest BCUT2D eigenvalue weighted by atomic mass is 10.2. The summed E-state index contributed by atoms with van der Waals surface area (Å²) in [5.74, 6) is 0. The molecular weight excluding hydrogens is 218 g/mol. The SMILES string of the molecule is Cc1nn(C(CN)c2cccs2)c(C)c1C. The lowest BCUT2D eigenvalue weighted by Gasteiger charge is -2.15. The summed E-state index contributed by atoms with van der Waals surface area (Å²) < 4.78 is 2.05. The van der Waals surface area contributed by atoms with E-state index >= 15 is 0 Å². The highest BCUT2D eigenvalue weighted by molar-refractivity contribution is 7.10. The number of aromatic nitrogens is 2. The smallest absolute Gasteiger partial charge is 0.0985 e. The zero-order valence-electron chi connectivity index (χ0n) is 9.90. The van der Waals surface area contributed by atoms with Crippen LogP contribution < -0.4 is 5.73 Å². The van der Waals surface area contributed by atoms with Gasteiger partial charge in [-0.3, -0.25) is 4.68 Å². The first-order valence-corrected chi connectivity index (χ1v) is 6.29. The van der Waals surface area contributed by atoms with Gasteiger partial charge in [0.2, 0.25) is 0 Å². The quantitative estimate of drug-likeness (QED) is 0.888. The predicted octanol–water partition coefficient (Wildman–Crippen LogP) is 2.42. The van der Waals surface area contributed by atoms with Crippen LogP contribution >= 0.6 is 11.3 Å². The Hall–Kier alpha value is -1.13. The van der Waals surface area contributed by atoms with Crippen molar-refractivity contribution in [1.29, 1.82) is 0 Å². The van der Waals surface area contributed by atoms with Crippen LogP contribution in [0.2, 0.25) is 0 Å². The van der Waals surface area contributed by atoms with Crippen LogP contribution in [0.3, 0.4) is 0 Å². The minimum Gasteiger partial charge on any atom is -0.328 e. The van der Waals surface area contributed by atoms with Gasteiger partial charge in [-0.05, 0) is 37.8 Å². The van der Waals surface area contributed by atoms with E-state index in [9.17, 15) is 0 Å². The molecule has 0 spiro atoms. The molecule has 0 radical (unpaired) electrons. The van der Waals surface area contributed by atoms with Crippen LogP contribution in [-0.4, -0.2) is 16.3 Å². The van der Waals surface area contributed by atoms with Crippen molar-refractivity contribution in [2.45, 2.75) is 26.8 Å². The summed E-state index contributed by atoms with van der Waals surface area (Å²) in [6.45, 7) is 6.84. The normalized spacial score (nSPS) is 13.0. The van der Waals surface area contributed by atoms with Crippen LogP contribution in [0.4, 0.5) is 0 Å². The van der Waals surface area contributed by atoms with Crippen LogP contribution in [0.1, 0.15) is 27.9 Å². The zero-order valence-corrected chi connectivity index (χ0v) is 10.7. The fourth-order valence-electron chi connectivity index (χ4n) is 1.87. The molecule has 0 aliphatic heterocycles. The third kappa shape index (κ3) is 1.79. The molecule has 86 valence electrons. The molecule has 0 fully saturated rings. The molecule has 0 saturated heterocycles. The highest BCUT2D eigenvalue weighted by Gasteiger charge is 2.18. The van der Waals surface area contributed by atoms with Crippen molar-refractivity contribution in [3.8, 4) is 0 Å². The number of nitrogens with zero attached hydrogens (tertiary/aromatic N) is 2. The number of nitrogens with two attached hydrogens (primary N) is 1. The zero-order chi connectivity index (χ0) is 11.7. The Kier molecular flexibility index (Phi) is 3.12. The summed E-state index contributed by atoms with van der Waals surface area (Å²) in [7, 11) is 0. The fourth-order valence-corrected chi connectivity index (χ4v) is 2.69. The molecule has 2 rings (SSSR count). The number of hydrogen-bond donors (Lipinski definition) is 1. The van der Waals surface area contributed by atoms with Gasteiger partial charge in [0.05, 0.1) is 11.7 Å². The Bertz CT molecular complexity index is 471. The maximum atomic E-state index is 5.87. The van der Waals surface area contributed by atoms with E-state index in [1.54, 1.807) is 11.3 Å². The van der Waals surface area contributed by atoms with Gasteiger partial charge in [-0.1, -0.05) is 6.07 Å². The molecule has 2 N–H and O–H groups in total. The summed E-state index contributed by atoms with van der Waals surface area (Å²) in [5, 5.41) is 6.66. The maximum absolute atomic E-state index is 5.87. The van der Waals surface area contributed by atoms with Crippen LogP contribution in [0.5, 0.6) is 0 Å². The molecule has 0 bridgehead atoms. The van der Waals surface area contributed by atoms with E-state index in [1.165, 1.54) is 16.1 Å². The molecule has 3 nitrogen and oxygen atoms in total. The first-order chi connectivity index (χ1) is 7.65. The molecule has 4 heteroatoms. The largest absolute Gasteiger partial charge is 0.328 e. The number of aryl methyl sites for hydroxylation is 1. The Balaban J connectivity index is 2.45. The van der Waals surface area contributed by atoms with E-state index in [4.69, 9.17) is 5.73 Å². The second-order valence-electron chi connectivity index (χ2n) is 4.01. The van der Waals surface area contributed by atoms with Crippen molar-refractivity contribution in [1.82, 2.24) is 9.78 Å². The van der Waals surface area contributed by atoms with Crippen molar-refractivity contribution in [3.05, 3.63) is 39.3 Å². The monoisotopic (exact) mass is 235 g/mol.